The minimum absolute atomic E-state index is 0.0564. The summed E-state index contributed by atoms with van der Waals surface area (Å²) in [5.74, 6) is -0.231. The maximum atomic E-state index is 13.4. The molecule has 1 aliphatic rings. The summed E-state index contributed by atoms with van der Waals surface area (Å²) in [5, 5.41) is 14.1. The second-order valence-corrected chi connectivity index (χ2v) is 5.41. The van der Waals surface area contributed by atoms with Gasteiger partial charge in [-0.3, -0.25) is 9.58 Å². The van der Waals surface area contributed by atoms with Gasteiger partial charge in [0.25, 0.3) is 0 Å². The summed E-state index contributed by atoms with van der Waals surface area (Å²) in [7, 11) is 1.88. The van der Waals surface area contributed by atoms with E-state index in [0.717, 1.165) is 11.1 Å². The predicted molar refractivity (Wildman–Crippen MR) is 73.4 cm³/mol. The zero-order valence-electron chi connectivity index (χ0n) is 11.4. The Bertz CT molecular complexity index is 598. The van der Waals surface area contributed by atoms with Crippen LogP contribution in [-0.2, 0) is 13.6 Å². The number of aromatic nitrogens is 2. The van der Waals surface area contributed by atoms with Crippen LogP contribution in [-0.4, -0.2) is 32.4 Å². The van der Waals surface area contributed by atoms with Crippen LogP contribution in [0, 0.1) is 5.82 Å². The highest BCUT2D eigenvalue weighted by molar-refractivity contribution is 5.22. The van der Waals surface area contributed by atoms with E-state index in [2.05, 4.69) is 10.00 Å². The number of β-amino-alcohol motifs (C(OH)–C–C–N with tert-alkyl or cyclic N) is 1. The molecule has 1 aliphatic heterocycles. The molecule has 3 rings (SSSR count). The molecule has 0 bridgehead atoms. The van der Waals surface area contributed by atoms with Crippen molar-refractivity contribution in [3.63, 3.8) is 0 Å². The molecule has 0 saturated carbocycles. The van der Waals surface area contributed by atoms with Gasteiger partial charge in [0, 0.05) is 37.9 Å². The van der Waals surface area contributed by atoms with Crippen molar-refractivity contribution < 1.29 is 9.50 Å². The number of halogens is 1. The topological polar surface area (TPSA) is 41.3 Å². The van der Waals surface area contributed by atoms with Gasteiger partial charge in [-0.2, -0.15) is 5.10 Å². The van der Waals surface area contributed by atoms with E-state index in [9.17, 15) is 9.50 Å². The normalized spacial score (nSPS) is 23.4. The zero-order valence-corrected chi connectivity index (χ0v) is 11.4. The highest BCUT2D eigenvalue weighted by Crippen LogP contribution is 2.33. The second kappa shape index (κ2) is 5.34. The first-order chi connectivity index (χ1) is 9.61. The maximum absolute atomic E-state index is 13.4. The van der Waals surface area contributed by atoms with E-state index in [1.807, 2.05) is 25.5 Å². The number of hydrogen-bond acceptors (Lipinski definition) is 3. The number of likely N-dealkylation sites (tertiary alicyclic amines) is 1. The minimum Gasteiger partial charge on any atom is -0.392 e. The molecule has 2 heterocycles. The van der Waals surface area contributed by atoms with Crippen LogP contribution in [0.25, 0.3) is 0 Å². The second-order valence-electron chi connectivity index (χ2n) is 5.41. The number of nitrogens with zero attached hydrogens (tertiary/aromatic N) is 3. The number of hydrogen-bond donors (Lipinski definition) is 1. The molecule has 2 aromatic rings. The van der Waals surface area contributed by atoms with Crippen molar-refractivity contribution in [1.82, 2.24) is 14.7 Å². The molecule has 4 nitrogen and oxygen atoms in total. The van der Waals surface area contributed by atoms with Crippen LogP contribution < -0.4 is 0 Å². The quantitative estimate of drug-likeness (QED) is 0.929. The van der Waals surface area contributed by atoms with Gasteiger partial charge < -0.3 is 5.11 Å². The average molecular weight is 275 g/mol. The lowest BCUT2D eigenvalue weighted by Gasteiger charge is -2.23. The van der Waals surface area contributed by atoms with Gasteiger partial charge in [-0.05, 0) is 24.1 Å². The van der Waals surface area contributed by atoms with E-state index in [1.165, 1.54) is 6.07 Å². The predicted octanol–water partition coefficient (Wildman–Crippen LogP) is 1.87. The monoisotopic (exact) mass is 275 g/mol. The smallest absolute Gasteiger partial charge is 0.123 e. The molecule has 1 aromatic heterocycles. The third-order valence-electron chi connectivity index (χ3n) is 3.76. The molecule has 20 heavy (non-hydrogen) atoms. The fourth-order valence-corrected chi connectivity index (χ4v) is 2.90. The maximum Gasteiger partial charge on any atom is 0.123 e. The summed E-state index contributed by atoms with van der Waals surface area (Å²) in [6.45, 7) is 1.32. The third kappa shape index (κ3) is 2.73. The third-order valence-corrected chi connectivity index (χ3v) is 3.76. The van der Waals surface area contributed by atoms with E-state index in [-0.39, 0.29) is 18.0 Å². The van der Waals surface area contributed by atoms with Crippen molar-refractivity contribution in [2.45, 2.75) is 25.1 Å². The first-order valence-corrected chi connectivity index (χ1v) is 6.77. The van der Waals surface area contributed by atoms with Crippen LogP contribution in [0.5, 0.6) is 0 Å². The molecule has 1 aromatic carbocycles. The summed E-state index contributed by atoms with van der Waals surface area (Å²) < 4.78 is 15.1. The van der Waals surface area contributed by atoms with Crippen LogP contribution in [0.4, 0.5) is 4.39 Å². The van der Waals surface area contributed by atoms with Crippen molar-refractivity contribution >= 4 is 0 Å². The molecule has 1 fully saturated rings. The zero-order chi connectivity index (χ0) is 14.1. The molecule has 106 valence electrons. The number of benzene rings is 1. The highest BCUT2D eigenvalue weighted by Gasteiger charge is 2.32. The molecule has 0 amide bonds. The van der Waals surface area contributed by atoms with Gasteiger partial charge in [-0.1, -0.05) is 12.1 Å². The Labute approximate surface area is 117 Å². The Morgan fingerprint density at radius 1 is 1.45 bits per heavy atom. The van der Waals surface area contributed by atoms with Gasteiger partial charge in [-0.25, -0.2) is 4.39 Å². The van der Waals surface area contributed by atoms with Gasteiger partial charge in [0.15, 0.2) is 0 Å². The Morgan fingerprint density at radius 2 is 2.30 bits per heavy atom. The molecule has 5 heteroatoms. The lowest BCUT2D eigenvalue weighted by Crippen LogP contribution is -2.24. The van der Waals surface area contributed by atoms with Gasteiger partial charge in [-0.15, -0.1) is 0 Å². The average Bonchev–Trinajstić information content (AvgIpc) is 2.96. The molecule has 0 aliphatic carbocycles. The first kappa shape index (κ1) is 13.3. The summed E-state index contributed by atoms with van der Waals surface area (Å²) >= 11 is 0. The van der Waals surface area contributed by atoms with Gasteiger partial charge in [0.1, 0.15) is 5.82 Å². The van der Waals surface area contributed by atoms with E-state index in [0.29, 0.717) is 19.5 Å². The summed E-state index contributed by atoms with van der Waals surface area (Å²) in [4.78, 5) is 2.18. The minimum atomic E-state index is -0.361. The number of rotatable bonds is 3. The van der Waals surface area contributed by atoms with Crippen LogP contribution in [0.2, 0.25) is 0 Å². The van der Waals surface area contributed by atoms with E-state index >= 15 is 0 Å². The van der Waals surface area contributed by atoms with Crippen LogP contribution in [0.15, 0.2) is 36.7 Å². The summed E-state index contributed by atoms with van der Waals surface area (Å²) in [6.07, 6.45) is 4.07. The molecule has 2 atom stereocenters. The van der Waals surface area contributed by atoms with E-state index in [4.69, 9.17) is 0 Å². The summed E-state index contributed by atoms with van der Waals surface area (Å²) in [5.41, 5.74) is 2.02. The SMILES string of the molecule is Cn1cc(CN2CC(O)CC2c2cccc(F)c2)cn1. The molecular weight excluding hydrogens is 257 g/mol. The van der Waals surface area contributed by atoms with E-state index < -0.39 is 0 Å². The Hall–Kier alpha value is -1.72. The van der Waals surface area contributed by atoms with Crippen molar-refractivity contribution in [2.24, 2.45) is 7.05 Å². The summed E-state index contributed by atoms with van der Waals surface area (Å²) in [6, 6.07) is 6.69. The lowest BCUT2D eigenvalue weighted by molar-refractivity contribution is 0.172. The lowest BCUT2D eigenvalue weighted by atomic mass is 10.0. The van der Waals surface area contributed by atoms with Crippen molar-refractivity contribution in [1.29, 1.82) is 0 Å². The fourth-order valence-electron chi connectivity index (χ4n) is 2.90. The Morgan fingerprint density at radius 3 is 3.00 bits per heavy atom. The van der Waals surface area contributed by atoms with Crippen molar-refractivity contribution in [3.8, 4) is 0 Å². The van der Waals surface area contributed by atoms with Crippen molar-refractivity contribution in [3.05, 3.63) is 53.6 Å². The standard InChI is InChI=1S/C15H18FN3O/c1-18-8-11(7-17-18)9-19-10-14(20)6-15(19)12-3-2-4-13(16)5-12/h2-5,7-8,14-15,20H,6,9-10H2,1H3. The van der Waals surface area contributed by atoms with Gasteiger partial charge in [0.2, 0.25) is 0 Å². The van der Waals surface area contributed by atoms with Gasteiger partial charge >= 0.3 is 0 Å². The van der Waals surface area contributed by atoms with Crippen LogP contribution >= 0.6 is 0 Å². The molecule has 0 radical (unpaired) electrons. The molecule has 1 saturated heterocycles. The molecule has 0 spiro atoms. The van der Waals surface area contributed by atoms with Gasteiger partial charge in [0.05, 0.1) is 12.3 Å². The number of aryl methyl sites for hydroxylation is 1. The highest BCUT2D eigenvalue weighted by atomic mass is 19.1. The van der Waals surface area contributed by atoms with Crippen LogP contribution in [0.1, 0.15) is 23.6 Å². The Kier molecular flexibility index (Phi) is 3.54. The van der Waals surface area contributed by atoms with E-state index in [1.54, 1.807) is 16.8 Å². The largest absolute Gasteiger partial charge is 0.392 e. The van der Waals surface area contributed by atoms with Crippen LogP contribution in [0.3, 0.4) is 0 Å². The van der Waals surface area contributed by atoms with Crippen molar-refractivity contribution in [2.75, 3.05) is 6.54 Å². The molecule has 2 unspecified atom stereocenters. The molecular formula is C15H18FN3O. The first-order valence-electron chi connectivity index (χ1n) is 6.77. The molecule has 1 N–H and O–H groups in total. The number of aliphatic hydroxyl groups excluding tert-OH is 1. The fraction of sp³-hybridized carbons (Fsp3) is 0.400. The Balaban J connectivity index is 1.81. The number of aliphatic hydroxyl groups is 1.